The fourth-order valence-corrected chi connectivity index (χ4v) is 2.06. The van der Waals surface area contributed by atoms with Gasteiger partial charge in [0.15, 0.2) is 5.69 Å². The molecule has 19 heavy (non-hydrogen) atoms. The van der Waals surface area contributed by atoms with Crippen LogP contribution in [-0.4, -0.2) is 42.0 Å². The molecule has 0 spiro atoms. The summed E-state index contributed by atoms with van der Waals surface area (Å²) in [7, 11) is 0. The van der Waals surface area contributed by atoms with E-state index in [0.717, 1.165) is 11.0 Å². The normalized spacial score (nSPS) is 10.9. The Kier molecular flexibility index (Phi) is 4.05. The lowest BCUT2D eigenvalue weighted by atomic mass is 10.2. The molecule has 9 heteroatoms. The van der Waals surface area contributed by atoms with Gasteiger partial charge in [0.2, 0.25) is 5.13 Å². The first-order valence-corrected chi connectivity index (χ1v) is 6.54. The molecule has 2 N–H and O–H groups in total. The Balaban J connectivity index is 1.83. The van der Waals surface area contributed by atoms with Crippen LogP contribution in [0, 0.1) is 0 Å². The highest BCUT2D eigenvalue weighted by atomic mass is 32.1. The fraction of sp³-hybridized carbons (Fsp3) is 0.500. The topological polar surface area (TPSA) is 106 Å². The van der Waals surface area contributed by atoms with Crippen molar-refractivity contribution in [1.29, 1.82) is 0 Å². The van der Waals surface area contributed by atoms with Crippen LogP contribution in [0.1, 0.15) is 36.1 Å². The fourth-order valence-electron chi connectivity index (χ4n) is 1.32. The predicted molar refractivity (Wildman–Crippen MR) is 69.5 cm³/mol. The number of nitrogens with one attached hydrogen (secondary N) is 1. The van der Waals surface area contributed by atoms with E-state index in [1.807, 2.05) is 13.8 Å². The number of carbonyl (C=O) groups is 1. The number of hydrogen-bond acceptors (Lipinski definition) is 7. The summed E-state index contributed by atoms with van der Waals surface area (Å²) in [5.74, 6) is 0.0477. The first-order chi connectivity index (χ1) is 9.06. The van der Waals surface area contributed by atoms with E-state index in [-0.39, 0.29) is 5.69 Å². The summed E-state index contributed by atoms with van der Waals surface area (Å²) < 4.78 is 5.70. The third-order valence-electron chi connectivity index (χ3n) is 2.33. The van der Waals surface area contributed by atoms with Crippen molar-refractivity contribution in [2.24, 2.45) is 0 Å². The quantitative estimate of drug-likeness (QED) is 0.816. The zero-order chi connectivity index (χ0) is 13.8. The summed E-state index contributed by atoms with van der Waals surface area (Å²) in [4.78, 5) is 15.0. The van der Waals surface area contributed by atoms with Gasteiger partial charge in [0.1, 0.15) is 5.82 Å². The van der Waals surface area contributed by atoms with Gasteiger partial charge < -0.3 is 10.4 Å². The Morgan fingerprint density at radius 2 is 2.37 bits per heavy atom. The molecule has 2 aromatic rings. The van der Waals surface area contributed by atoms with Crippen molar-refractivity contribution in [2.45, 2.75) is 26.3 Å². The Morgan fingerprint density at radius 1 is 1.58 bits per heavy atom. The van der Waals surface area contributed by atoms with Crippen LogP contribution < -0.4 is 5.32 Å². The van der Waals surface area contributed by atoms with Crippen LogP contribution in [0.5, 0.6) is 0 Å². The lowest BCUT2D eigenvalue weighted by Crippen LogP contribution is -2.11. The van der Waals surface area contributed by atoms with Crippen LogP contribution in [0.25, 0.3) is 0 Å². The Bertz CT molecular complexity index is 564. The van der Waals surface area contributed by atoms with Gasteiger partial charge in [-0.25, -0.2) is 14.5 Å². The van der Waals surface area contributed by atoms with Gasteiger partial charge in [0, 0.05) is 24.0 Å². The molecule has 2 heterocycles. The molecule has 0 atom stereocenters. The molecule has 0 aliphatic carbocycles. The highest BCUT2D eigenvalue weighted by Gasteiger charge is 2.09. The molecule has 0 amide bonds. The molecule has 0 saturated carbocycles. The number of rotatable bonds is 6. The predicted octanol–water partition coefficient (Wildman–Crippen LogP) is 1.06. The third kappa shape index (κ3) is 3.47. The van der Waals surface area contributed by atoms with Gasteiger partial charge in [0.25, 0.3) is 0 Å². The number of carboxylic acid groups (broad SMARTS) is 1. The average molecular weight is 282 g/mol. The standard InChI is InChI=1S/C10H14N6O2S/c1-6(2)8-12-10(19-14-8)11-3-4-16-5-7(9(17)18)13-15-16/h5-6H,3-4H2,1-2H3,(H,17,18)(H,11,12,14). The van der Waals surface area contributed by atoms with E-state index in [0.29, 0.717) is 19.0 Å². The lowest BCUT2D eigenvalue weighted by molar-refractivity contribution is 0.0690. The average Bonchev–Trinajstić information content (AvgIpc) is 2.97. The van der Waals surface area contributed by atoms with Crippen LogP contribution in [0.2, 0.25) is 0 Å². The van der Waals surface area contributed by atoms with Gasteiger partial charge in [-0.1, -0.05) is 19.1 Å². The molecule has 8 nitrogen and oxygen atoms in total. The van der Waals surface area contributed by atoms with Crippen LogP contribution in [0.3, 0.4) is 0 Å². The summed E-state index contributed by atoms with van der Waals surface area (Å²) in [5, 5.41) is 19.8. The number of hydrogen-bond donors (Lipinski definition) is 2. The van der Waals surface area contributed by atoms with Gasteiger partial charge in [0.05, 0.1) is 12.7 Å². The molecular weight excluding hydrogens is 268 g/mol. The molecule has 2 aromatic heterocycles. The van der Waals surface area contributed by atoms with Gasteiger partial charge in [-0.05, 0) is 0 Å². The minimum Gasteiger partial charge on any atom is -0.476 e. The minimum atomic E-state index is -1.08. The van der Waals surface area contributed by atoms with E-state index >= 15 is 0 Å². The number of aromatic carboxylic acids is 1. The van der Waals surface area contributed by atoms with Crippen molar-refractivity contribution in [3.63, 3.8) is 0 Å². The Morgan fingerprint density at radius 3 is 2.95 bits per heavy atom. The summed E-state index contributed by atoms with van der Waals surface area (Å²) in [6, 6.07) is 0. The van der Waals surface area contributed by atoms with Crippen molar-refractivity contribution in [3.05, 3.63) is 17.7 Å². The van der Waals surface area contributed by atoms with Crippen molar-refractivity contribution in [1.82, 2.24) is 24.4 Å². The zero-order valence-electron chi connectivity index (χ0n) is 10.6. The molecule has 2 rings (SSSR count). The Labute approximate surface area is 113 Å². The van der Waals surface area contributed by atoms with Gasteiger partial charge in [-0.2, -0.15) is 4.37 Å². The van der Waals surface area contributed by atoms with Gasteiger partial charge in [-0.3, -0.25) is 0 Å². The maximum Gasteiger partial charge on any atom is 0.358 e. The van der Waals surface area contributed by atoms with Gasteiger partial charge >= 0.3 is 5.97 Å². The number of nitrogens with zero attached hydrogens (tertiary/aromatic N) is 5. The summed E-state index contributed by atoms with van der Waals surface area (Å²) >= 11 is 1.31. The Hall–Kier alpha value is -2.03. The highest BCUT2D eigenvalue weighted by molar-refractivity contribution is 7.09. The molecule has 0 aliphatic rings. The lowest BCUT2D eigenvalue weighted by Gasteiger charge is -2.01. The van der Waals surface area contributed by atoms with Crippen molar-refractivity contribution in [2.75, 3.05) is 11.9 Å². The maximum absolute atomic E-state index is 10.6. The third-order valence-corrected chi connectivity index (χ3v) is 3.02. The van der Waals surface area contributed by atoms with Crippen LogP contribution in [0.4, 0.5) is 5.13 Å². The van der Waals surface area contributed by atoms with Crippen molar-refractivity contribution in [3.8, 4) is 0 Å². The van der Waals surface area contributed by atoms with E-state index in [4.69, 9.17) is 5.11 Å². The second-order valence-electron chi connectivity index (χ2n) is 4.21. The van der Waals surface area contributed by atoms with Crippen LogP contribution in [0.15, 0.2) is 6.20 Å². The molecule has 0 aliphatic heterocycles. The van der Waals surface area contributed by atoms with E-state index in [2.05, 4.69) is 25.0 Å². The number of aromatic nitrogens is 5. The highest BCUT2D eigenvalue weighted by Crippen LogP contribution is 2.16. The first-order valence-electron chi connectivity index (χ1n) is 5.77. The minimum absolute atomic E-state index is 0.0574. The second kappa shape index (κ2) is 5.74. The smallest absolute Gasteiger partial charge is 0.358 e. The summed E-state index contributed by atoms with van der Waals surface area (Å²) in [6.45, 7) is 5.16. The summed E-state index contributed by atoms with van der Waals surface area (Å²) in [5.41, 5.74) is -0.0574. The number of carboxylic acids is 1. The summed E-state index contributed by atoms with van der Waals surface area (Å²) in [6.07, 6.45) is 1.39. The van der Waals surface area contributed by atoms with Crippen LogP contribution in [-0.2, 0) is 6.54 Å². The van der Waals surface area contributed by atoms with E-state index in [1.165, 1.54) is 22.4 Å². The SMILES string of the molecule is CC(C)c1nsc(NCCn2cc(C(=O)O)nn2)n1. The molecule has 0 bridgehead atoms. The van der Waals surface area contributed by atoms with Crippen molar-refractivity contribution < 1.29 is 9.90 Å². The van der Waals surface area contributed by atoms with Crippen LogP contribution >= 0.6 is 11.5 Å². The van der Waals surface area contributed by atoms with E-state index < -0.39 is 5.97 Å². The monoisotopic (exact) mass is 282 g/mol. The molecule has 0 unspecified atom stereocenters. The second-order valence-corrected chi connectivity index (χ2v) is 4.96. The zero-order valence-corrected chi connectivity index (χ0v) is 11.4. The molecule has 0 fully saturated rings. The largest absolute Gasteiger partial charge is 0.476 e. The molecule has 0 aromatic carbocycles. The van der Waals surface area contributed by atoms with E-state index in [9.17, 15) is 4.79 Å². The number of anilines is 1. The van der Waals surface area contributed by atoms with Crippen molar-refractivity contribution >= 4 is 22.6 Å². The molecule has 0 saturated heterocycles. The van der Waals surface area contributed by atoms with E-state index in [1.54, 1.807) is 0 Å². The maximum atomic E-state index is 10.6. The first kappa shape index (κ1) is 13.4. The molecule has 102 valence electrons. The molecule has 0 radical (unpaired) electrons. The molecular formula is C10H14N6O2S. The van der Waals surface area contributed by atoms with Gasteiger partial charge in [-0.15, -0.1) is 5.10 Å².